The highest BCUT2D eigenvalue weighted by atomic mass is 19.4. The summed E-state index contributed by atoms with van der Waals surface area (Å²) < 4.78 is 37.7. The monoisotopic (exact) mass is 563 g/mol. The summed E-state index contributed by atoms with van der Waals surface area (Å²) >= 11 is 0. The van der Waals surface area contributed by atoms with Crippen LogP contribution < -0.4 is 5.32 Å². The largest absolute Gasteiger partial charge is 0.481 e. The minimum atomic E-state index is -4.57. The van der Waals surface area contributed by atoms with Crippen LogP contribution in [0, 0.1) is 0 Å². The van der Waals surface area contributed by atoms with E-state index in [1.54, 1.807) is 0 Å². The first-order valence-electron chi connectivity index (χ1n) is 13.2. The summed E-state index contributed by atoms with van der Waals surface area (Å²) in [4.78, 5) is 31.8. The maximum absolute atomic E-state index is 12.6. The Morgan fingerprint density at radius 3 is 1.68 bits per heavy atom. The standard InChI is InChI=1S/C20H30O2.C11H10F3NO3/c1-2-3-4-5-6-7-8-9-10-11-12-13-14-15-16-17-18-19-20(21)22;12-11(13,14)7-3-1-2-4-8(7)15-9(16)5-6-10(17)18/h3-4,6-7,9-10,12-13,15-16H,2,5,8,11,14,17-19H2,1H3,(H,21,22);1-4H,5-6H2,(H,15,16)(H,17,18)/b4-3?,7-6?,10-9?,13-12?,16-15-;. The summed E-state index contributed by atoms with van der Waals surface area (Å²) in [7, 11) is 0. The predicted molar refractivity (Wildman–Crippen MR) is 153 cm³/mol. The number of carbonyl (C=O) groups is 3. The highest BCUT2D eigenvalue weighted by Crippen LogP contribution is 2.34. The number of carbonyl (C=O) groups excluding carboxylic acids is 1. The van der Waals surface area contributed by atoms with Crippen molar-refractivity contribution in [1.29, 1.82) is 0 Å². The molecule has 1 aromatic carbocycles. The van der Waals surface area contributed by atoms with E-state index in [2.05, 4.69) is 73.0 Å². The van der Waals surface area contributed by atoms with Crippen molar-refractivity contribution < 1.29 is 37.8 Å². The topological polar surface area (TPSA) is 104 Å². The number of hydrogen-bond donors (Lipinski definition) is 3. The fraction of sp³-hybridized carbons (Fsp3) is 0.387. The maximum Gasteiger partial charge on any atom is 0.418 e. The Bertz CT molecular complexity index is 1020. The number of para-hydroxylation sites is 1. The Morgan fingerprint density at radius 2 is 1.20 bits per heavy atom. The molecule has 6 nitrogen and oxygen atoms in total. The molecule has 0 heterocycles. The minimum Gasteiger partial charge on any atom is -0.481 e. The molecule has 1 rings (SSSR count). The van der Waals surface area contributed by atoms with E-state index in [1.165, 1.54) is 12.1 Å². The number of allylic oxidation sites excluding steroid dienone is 10. The van der Waals surface area contributed by atoms with Crippen LogP contribution >= 0.6 is 0 Å². The molecule has 0 unspecified atom stereocenters. The lowest BCUT2D eigenvalue weighted by Gasteiger charge is -2.13. The van der Waals surface area contributed by atoms with Gasteiger partial charge in [-0.3, -0.25) is 14.4 Å². The van der Waals surface area contributed by atoms with Crippen LogP contribution in [0.4, 0.5) is 18.9 Å². The van der Waals surface area contributed by atoms with Gasteiger partial charge in [-0.15, -0.1) is 0 Å². The number of alkyl halides is 3. The summed E-state index contributed by atoms with van der Waals surface area (Å²) in [6.07, 6.45) is 23.1. The Morgan fingerprint density at radius 1 is 0.725 bits per heavy atom. The molecule has 3 N–H and O–H groups in total. The first kappa shape index (κ1) is 36.1. The molecule has 0 spiro atoms. The van der Waals surface area contributed by atoms with E-state index in [0.29, 0.717) is 0 Å². The molecule has 0 aliphatic carbocycles. The quantitative estimate of drug-likeness (QED) is 0.130. The van der Waals surface area contributed by atoms with Gasteiger partial charge in [0.15, 0.2) is 0 Å². The van der Waals surface area contributed by atoms with Gasteiger partial charge in [-0.1, -0.05) is 79.8 Å². The van der Waals surface area contributed by atoms with Crippen LogP contribution in [0.5, 0.6) is 0 Å². The van der Waals surface area contributed by atoms with Gasteiger partial charge < -0.3 is 15.5 Å². The van der Waals surface area contributed by atoms with Crippen LogP contribution in [0.15, 0.2) is 85.0 Å². The van der Waals surface area contributed by atoms with Gasteiger partial charge in [-0.25, -0.2) is 0 Å². The first-order chi connectivity index (χ1) is 19.1. The molecule has 40 heavy (non-hydrogen) atoms. The fourth-order valence-electron chi connectivity index (χ4n) is 3.01. The van der Waals surface area contributed by atoms with Crippen molar-refractivity contribution in [3.63, 3.8) is 0 Å². The van der Waals surface area contributed by atoms with E-state index in [9.17, 15) is 27.6 Å². The number of carboxylic acids is 2. The van der Waals surface area contributed by atoms with Crippen molar-refractivity contribution >= 4 is 23.5 Å². The predicted octanol–water partition coefficient (Wildman–Crippen LogP) is 8.50. The van der Waals surface area contributed by atoms with Crippen LogP contribution in [-0.2, 0) is 20.6 Å². The van der Waals surface area contributed by atoms with Crippen LogP contribution in [0.3, 0.4) is 0 Å². The average molecular weight is 564 g/mol. The first-order valence-corrected chi connectivity index (χ1v) is 13.2. The SMILES string of the molecule is CCC=CCC=CCC=CCC=CC/C=C\CCCC(=O)O.O=C(O)CCC(=O)Nc1ccccc1C(F)(F)F. The fourth-order valence-corrected chi connectivity index (χ4v) is 3.01. The highest BCUT2D eigenvalue weighted by molar-refractivity contribution is 5.93. The van der Waals surface area contributed by atoms with Crippen molar-refractivity contribution in [1.82, 2.24) is 0 Å². The third-order valence-corrected chi connectivity index (χ3v) is 4.99. The zero-order valence-corrected chi connectivity index (χ0v) is 22.9. The second-order valence-electron chi connectivity index (χ2n) is 8.48. The second kappa shape index (κ2) is 23.0. The van der Waals surface area contributed by atoms with Crippen molar-refractivity contribution in [2.75, 3.05) is 5.32 Å². The molecule has 0 aliphatic heterocycles. The number of rotatable bonds is 17. The Balaban J connectivity index is 0.000000774. The molecule has 0 saturated heterocycles. The molecular formula is C31H40F3NO5. The second-order valence-corrected chi connectivity index (χ2v) is 8.48. The van der Waals surface area contributed by atoms with Gasteiger partial charge in [0.05, 0.1) is 17.7 Å². The van der Waals surface area contributed by atoms with Crippen LogP contribution in [0.1, 0.15) is 76.7 Å². The summed E-state index contributed by atoms with van der Waals surface area (Å²) in [6, 6.07) is 4.51. The molecule has 220 valence electrons. The third kappa shape index (κ3) is 22.1. The Kier molecular flexibility index (Phi) is 20.8. The molecule has 0 bridgehead atoms. The molecule has 0 aliphatic rings. The lowest BCUT2D eigenvalue weighted by molar-refractivity contribution is -0.139. The molecule has 1 amide bonds. The van der Waals surface area contributed by atoms with Gasteiger partial charge in [0, 0.05) is 12.8 Å². The van der Waals surface area contributed by atoms with Gasteiger partial charge in [0.1, 0.15) is 0 Å². The average Bonchev–Trinajstić information content (AvgIpc) is 2.89. The van der Waals surface area contributed by atoms with Crippen molar-refractivity contribution in [3.8, 4) is 0 Å². The number of anilines is 1. The molecule has 0 atom stereocenters. The zero-order valence-electron chi connectivity index (χ0n) is 22.9. The number of halogens is 3. The molecule has 0 aromatic heterocycles. The minimum absolute atomic E-state index is 0.258. The van der Waals surface area contributed by atoms with Gasteiger partial charge in [-0.2, -0.15) is 13.2 Å². The Labute approximate surface area is 234 Å². The highest BCUT2D eigenvalue weighted by Gasteiger charge is 2.33. The van der Waals surface area contributed by atoms with Crippen LogP contribution in [0.25, 0.3) is 0 Å². The maximum atomic E-state index is 12.6. The number of nitrogens with one attached hydrogen (secondary N) is 1. The Hall–Kier alpha value is -3.88. The van der Waals surface area contributed by atoms with E-state index in [1.807, 2.05) is 0 Å². The van der Waals surface area contributed by atoms with Gasteiger partial charge in [0.25, 0.3) is 0 Å². The molecule has 0 saturated carbocycles. The number of hydrogen-bond acceptors (Lipinski definition) is 3. The van der Waals surface area contributed by atoms with Gasteiger partial charge in [0.2, 0.25) is 5.91 Å². The van der Waals surface area contributed by atoms with E-state index in [0.717, 1.165) is 57.1 Å². The van der Waals surface area contributed by atoms with Crippen molar-refractivity contribution in [2.45, 2.75) is 77.3 Å². The number of aliphatic carboxylic acids is 2. The number of benzene rings is 1. The normalized spacial score (nSPS) is 12.0. The van der Waals surface area contributed by atoms with Gasteiger partial charge in [-0.05, 0) is 57.1 Å². The van der Waals surface area contributed by atoms with E-state index < -0.39 is 36.0 Å². The van der Waals surface area contributed by atoms with Crippen molar-refractivity contribution in [2.24, 2.45) is 0 Å². The zero-order chi connectivity index (χ0) is 30.1. The molecular weight excluding hydrogens is 523 g/mol. The third-order valence-electron chi connectivity index (χ3n) is 4.99. The number of unbranched alkanes of at least 4 members (excludes halogenated alkanes) is 1. The summed E-state index contributed by atoms with van der Waals surface area (Å²) in [5.41, 5.74) is -1.34. The smallest absolute Gasteiger partial charge is 0.418 e. The van der Waals surface area contributed by atoms with Crippen LogP contribution in [0.2, 0.25) is 0 Å². The number of carboxylic acid groups (broad SMARTS) is 2. The molecule has 0 radical (unpaired) electrons. The van der Waals surface area contributed by atoms with Crippen LogP contribution in [-0.4, -0.2) is 28.1 Å². The molecule has 1 aromatic rings. The molecule has 0 fully saturated rings. The summed E-state index contributed by atoms with van der Waals surface area (Å²) in [5.74, 6) is -2.67. The lowest BCUT2D eigenvalue weighted by Crippen LogP contribution is -2.17. The van der Waals surface area contributed by atoms with Crippen molar-refractivity contribution in [3.05, 3.63) is 90.6 Å². The summed E-state index contributed by atoms with van der Waals surface area (Å²) in [6.45, 7) is 2.14. The lowest BCUT2D eigenvalue weighted by atomic mass is 10.1. The van der Waals surface area contributed by atoms with E-state index >= 15 is 0 Å². The number of amides is 1. The summed E-state index contributed by atoms with van der Waals surface area (Å²) in [5, 5.41) is 18.9. The van der Waals surface area contributed by atoms with E-state index in [-0.39, 0.29) is 18.5 Å². The van der Waals surface area contributed by atoms with Gasteiger partial charge >= 0.3 is 18.1 Å². The molecule has 9 heteroatoms. The van der Waals surface area contributed by atoms with E-state index in [4.69, 9.17) is 10.2 Å².